The number of nitrogens with zero attached hydrogens (tertiary/aromatic N) is 2. The van der Waals surface area contributed by atoms with Crippen molar-refractivity contribution in [2.75, 3.05) is 0 Å². The molecule has 3 N–H and O–H groups in total. The van der Waals surface area contributed by atoms with Gasteiger partial charge in [-0.1, -0.05) is 42.5 Å². The first-order valence-electron chi connectivity index (χ1n) is 8.14. The average molecular weight is 350 g/mol. The van der Waals surface area contributed by atoms with Crippen molar-refractivity contribution >= 4 is 22.7 Å². The molecule has 3 aromatic rings. The molecule has 1 atom stereocenters. The maximum atomic E-state index is 12.4. The minimum atomic E-state index is -0.907. The first-order chi connectivity index (χ1) is 12.6. The highest BCUT2D eigenvalue weighted by Gasteiger charge is 2.19. The number of amides is 2. The van der Waals surface area contributed by atoms with Crippen LogP contribution in [0, 0.1) is 0 Å². The van der Waals surface area contributed by atoms with E-state index in [1.165, 1.54) is 10.9 Å². The van der Waals surface area contributed by atoms with Crippen molar-refractivity contribution in [3.63, 3.8) is 0 Å². The Labute approximate surface area is 149 Å². The van der Waals surface area contributed by atoms with Crippen molar-refractivity contribution in [3.05, 3.63) is 76.8 Å². The van der Waals surface area contributed by atoms with Gasteiger partial charge in [0, 0.05) is 13.0 Å². The SMILES string of the molecule is NC(=O)C(NC(=O)CCn1cnc2ccccc2c1=O)c1ccccc1. The van der Waals surface area contributed by atoms with E-state index in [0.717, 1.165) is 0 Å². The van der Waals surface area contributed by atoms with Crippen molar-refractivity contribution in [2.24, 2.45) is 5.73 Å². The van der Waals surface area contributed by atoms with Gasteiger partial charge in [0.05, 0.1) is 17.2 Å². The number of rotatable bonds is 6. The molecule has 132 valence electrons. The zero-order valence-corrected chi connectivity index (χ0v) is 14.0. The monoisotopic (exact) mass is 350 g/mol. The van der Waals surface area contributed by atoms with Crippen LogP contribution < -0.4 is 16.6 Å². The quantitative estimate of drug-likeness (QED) is 0.695. The van der Waals surface area contributed by atoms with Crippen LogP contribution in [0.15, 0.2) is 65.7 Å². The van der Waals surface area contributed by atoms with Gasteiger partial charge >= 0.3 is 0 Å². The fourth-order valence-corrected chi connectivity index (χ4v) is 2.68. The summed E-state index contributed by atoms with van der Waals surface area (Å²) in [5, 5.41) is 3.11. The second kappa shape index (κ2) is 7.60. The highest BCUT2D eigenvalue weighted by Crippen LogP contribution is 2.12. The lowest BCUT2D eigenvalue weighted by Crippen LogP contribution is -2.38. The Kier molecular flexibility index (Phi) is 5.07. The Hall–Kier alpha value is -3.48. The lowest BCUT2D eigenvalue weighted by atomic mass is 10.1. The Morgan fingerprint density at radius 1 is 1.08 bits per heavy atom. The molecule has 0 saturated carbocycles. The predicted molar refractivity (Wildman–Crippen MR) is 97.1 cm³/mol. The molecule has 1 aromatic heterocycles. The third-order valence-corrected chi connectivity index (χ3v) is 4.03. The van der Waals surface area contributed by atoms with E-state index in [4.69, 9.17) is 5.73 Å². The summed E-state index contributed by atoms with van der Waals surface area (Å²) in [6, 6.07) is 14.9. The van der Waals surface area contributed by atoms with Gasteiger partial charge in [-0.2, -0.15) is 0 Å². The summed E-state index contributed by atoms with van der Waals surface area (Å²) in [4.78, 5) is 40.5. The smallest absolute Gasteiger partial charge is 0.261 e. The number of hydrogen-bond acceptors (Lipinski definition) is 4. The molecule has 26 heavy (non-hydrogen) atoms. The normalized spacial score (nSPS) is 11.8. The van der Waals surface area contributed by atoms with Gasteiger partial charge in [-0.05, 0) is 17.7 Å². The number of carbonyl (C=O) groups is 2. The minimum Gasteiger partial charge on any atom is -0.368 e. The van der Waals surface area contributed by atoms with Crippen LogP contribution in [0.1, 0.15) is 18.0 Å². The Bertz CT molecular complexity index is 998. The minimum absolute atomic E-state index is 0.0243. The lowest BCUT2D eigenvalue weighted by molar-refractivity contribution is -0.127. The van der Waals surface area contributed by atoms with Gasteiger partial charge in [0.1, 0.15) is 6.04 Å². The first-order valence-corrected chi connectivity index (χ1v) is 8.14. The van der Waals surface area contributed by atoms with Gasteiger partial charge < -0.3 is 11.1 Å². The van der Waals surface area contributed by atoms with Crippen molar-refractivity contribution in [1.29, 1.82) is 0 Å². The van der Waals surface area contributed by atoms with E-state index in [1.54, 1.807) is 48.5 Å². The van der Waals surface area contributed by atoms with Crippen LogP contribution in [0.25, 0.3) is 10.9 Å². The number of primary amides is 1. The van der Waals surface area contributed by atoms with Gasteiger partial charge in [0.15, 0.2) is 0 Å². The molecule has 2 aromatic carbocycles. The number of nitrogens with one attached hydrogen (secondary N) is 1. The van der Waals surface area contributed by atoms with Crippen molar-refractivity contribution < 1.29 is 9.59 Å². The van der Waals surface area contributed by atoms with E-state index in [2.05, 4.69) is 10.3 Å². The third kappa shape index (κ3) is 3.77. The summed E-state index contributed by atoms with van der Waals surface area (Å²) < 4.78 is 1.38. The van der Waals surface area contributed by atoms with Crippen LogP contribution in [0.4, 0.5) is 0 Å². The molecule has 0 bridgehead atoms. The molecule has 0 fully saturated rings. The number of para-hydroxylation sites is 1. The van der Waals surface area contributed by atoms with Gasteiger partial charge in [-0.25, -0.2) is 4.98 Å². The summed E-state index contributed by atoms with van der Waals surface area (Å²) in [7, 11) is 0. The van der Waals surface area contributed by atoms with Crippen molar-refractivity contribution in [1.82, 2.24) is 14.9 Å². The Morgan fingerprint density at radius 3 is 2.50 bits per heavy atom. The molecule has 3 rings (SSSR count). The predicted octanol–water partition coefficient (Wildman–Crippen LogP) is 1.13. The molecule has 0 radical (unpaired) electrons. The van der Waals surface area contributed by atoms with Crippen LogP contribution in [0.5, 0.6) is 0 Å². The fraction of sp³-hybridized carbons (Fsp3) is 0.158. The third-order valence-electron chi connectivity index (χ3n) is 4.03. The highest BCUT2D eigenvalue weighted by molar-refractivity contribution is 5.87. The van der Waals surface area contributed by atoms with Gasteiger partial charge in [0.25, 0.3) is 5.56 Å². The lowest BCUT2D eigenvalue weighted by Gasteiger charge is -2.16. The Morgan fingerprint density at radius 2 is 1.77 bits per heavy atom. The van der Waals surface area contributed by atoms with E-state index >= 15 is 0 Å². The summed E-state index contributed by atoms with van der Waals surface area (Å²) in [5.74, 6) is -1.02. The standard InChI is InChI=1S/C19H18N4O3/c20-18(25)17(13-6-2-1-3-7-13)22-16(24)10-11-23-12-21-15-9-5-4-8-14(15)19(23)26/h1-9,12,17H,10-11H2,(H2,20,25)(H,22,24). The number of carbonyl (C=O) groups excluding carboxylic acids is 2. The zero-order valence-electron chi connectivity index (χ0n) is 14.0. The largest absolute Gasteiger partial charge is 0.368 e. The first kappa shape index (κ1) is 17.3. The van der Waals surface area contributed by atoms with Gasteiger partial charge in [0.2, 0.25) is 11.8 Å². The van der Waals surface area contributed by atoms with E-state index < -0.39 is 11.9 Å². The average Bonchev–Trinajstić information content (AvgIpc) is 2.66. The number of aromatic nitrogens is 2. The molecule has 0 aliphatic heterocycles. The second-order valence-electron chi connectivity index (χ2n) is 5.82. The number of hydrogen-bond donors (Lipinski definition) is 2. The topological polar surface area (TPSA) is 107 Å². The van der Waals surface area contributed by atoms with Crippen LogP contribution in [0.2, 0.25) is 0 Å². The van der Waals surface area contributed by atoms with Gasteiger partial charge in [-0.15, -0.1) is 0 Å². The number of aryl methyl sites for hydroxylation is 1. The number of fused-ring (bicyclic) bond motifs is 1. The fourth-order valence-electron chi connectivity index (χ4n) is 2.68. The van der Waals surface area contributed by atoms with Gasteiger partial charge in [-0.3, -0.25) is 19.0 Å². The second-order valence-corrected chi connectivity index (χ2v) is 5.82. The van der Waals surface area contributed by atoms with E-state index in [1.807, 2.05) is 6.07 Å². The van der Waals surface area contributed by atoms with Crippen LogP contribution >= 0.6 is 0 Å². The zero-order chi connectivity index (χ0) is 18.5. The molecule has 0 aliphatic carbocycles. The van der Waals surface area contributed by atoms with Crippen molar-refractivity contribution in [2.45, 2.75) is 19.0 Å². The van der Waals surface area contributed by atoms with Crippen LogP contribution in [-0.4, -0.2) is 21.4 Å². The number of benzene rings is 2. The summed E-state index contributed by atoms with van der Waals surface area (Å²) in [5.41, 5.74) is 6.40. The maximum Gasteiger partial charge on any atom is 0.261 e. The summed E-state index contributed by atoms with van der Waals surface area (Å²) in [6.07, 6.45) is 1.44. The molecule has 7 nitrogen and oxygen atoms in total. The summed E-state index contributed by atoms with van der Waals surface area (Å²) in [6.45, 7) is 0.156. The molecular weight excluding hydrogens is 332 g/mol. The summed E-state index contributed by atoms with van der Waals surface area (Å²) >= 11 is 0. The molecule has 2 amide bonds. The van der Waals surface area contributed by atoms with Crippen LogP contribution in [-0.2, 0) is 16.1 Å². The maximum absolute atomic E-state index is 12.4. The molecule has 1 unspecified atom stereocenters. The van der Waals surface area contributed by atoms with Crippen LogP contribution in [0.3, 0.4) is 0 Å². The Balaban J connectivity index is 1.70. The van der Waals surface area contributed by atoms with Crippen molar-refractivity contribution in [3.8, 4) is 0 Å². The number of nitrogens with two attached hydrogens (primary N) is 1. The molecular formula is C19H18N4O3. The molecule has 0 saturated heterocycles. The molecule has 1 heterocycles. The van der Waals surface area contributed by atoms with E-state index in [-0.39, 0.29) is 24.4 Å². The molecule has 7 heteroatoms. The van der Waals surface area contributed by atoms with E-state index in [0.29, 0.717) is 16.5 Å². The molecule has 0 aliphatic rings. The highest BCUT2D eigenvalue weighted by atomic mass is 16.2. The van der Waals surface area contributed by atoms with E-state index in [9.17, 15) is 14.4 Å². The molecule has 0 spiro atoms.